The molecule has 1 amide bonds. The van der Waals surface area contributed by atoms with Crippen LogP contribution >= 0.6 is 23.2 Å². The fourth-order valence-electron chi connectivity index (χ4n) is 4.87. The molecule has 2 N–H and O–H groups in total. The average Bonchev–Trinajstić information content (AvgIpc) is 3.05. The highest BCUT2D eigenvalue weighted by molar-refractivity contribution is 7.92. The number of sulfonamides is 2. The van der Waals surface area contributed by atoms with Gasteiger partial charge in [0.05, 0.1) is 35.3 Å². The highest BCUT2D eigenvalue weighted by Gasteiger charge is 2.29. The van der Waals surface area contributed by atoms with E-state index in [0.717, 1.165) is 5.69 Å². The summed E-state index contributed by atoms with van der Waals surface area (Å²) in [7, 11) is -5.15. The first kappa shape index (κ1) is 33.4. The molecule has 11 nitrogen and oxygen atoms in total. The maximum Gasteiger partial charge on any atom is 0.261 e. The molecule has 0 radical (unpaired) electrons. The van der Waals surface area contributed by atoms with Gasteiger partial charge in [-0.1, -0.05) is 23.2 Å². The number of nitrogens with one attached hydrogen (secondary N) is 2. The number of amides is 1. The van der Waals surface area contributed by atoms with Crippen molar-refractivity contribution in [2.24, 2.45) is 0 Å². The molecule has 0 unspecified atom stereocenters. The van der Waals surface area contributed by atoms with E-state index in [2.05, 4.69) is 14.9 Å². The molecule has 0 saturated carbocycles. The van der Waals surface area contributed by atoms with Gasteiger partial charge in [-0.05, 0) is 78.9 Å². The number of ether oxygens (including phenoxy) is 2. The molecule has 46 heavy (non-hydrogen) atoms. The predicted octanol–water partition coefficient (Wildman–Crippen LogP) is 5.57. The first-order valence-electron chi connectivity index (χ1n) is 13.9. The van der Waals surface area contributed by atoms with E-state index in [4.69, 9.17) is 32.7 Å². The minimum absolute atomic E-state index is 0.0644. The highest BCUT2D eigenvalue weighted by Crippen LogP contribution is 2.35. The van der Waals surface area contributed by atoms with E-state index in [1.807, 2.05) is 12.1 Å². The summed E-state index contributed by atoms with van der Waals surface area (Å²) in [5.41, 5.74) is 1.13. The number of hydrogen-bond donors (Lipinski definition) is 2. The highest BCUT2D eigenvalue weighted by atomic mass is 35.5. The third-order valence-corrected chi connectivity index (χ3v) is 11.1. The maximum absolute atomic E-state index is 13.5. The number of halogens is 2. The van der Waals surface area contributed by atoms with Crippen molar-refractivity contribution in [3.63, 3.8) is 0 Å². The second-order valence-corrected chi connectivity index (χ2v) is 14.7. The number of rotatable bonds is 10. The second-order valence-electron chi connectivity index (χ2n) is 10.2. The van der Waals surface area contributed by atoms with Gasteiger partial charge in [0.2, 0.25) is 10.0 Å². The molecule has 0 atom stereocenters. The number of carbonyl (C=O) groups is 1. The van der Waals surface area contributed by atoms with Crippen LogP contribution in [0.5, 0.6) is 11.5 Å². The van der Waals surface area contributed by atoms with E-state index in [1.54, 1.807) is 12.1 Å². The van der Waals surface area contributed by atoms with Crippen LogP contribution in [0.4, 0.5) is 17.1 Å². The summed E-state index contributed by atoms with van der Waals surface area (Å²) < 4.78 is 67.5. The first-order valence-corrected chi connectivity index (χ1v) is 17.6. The van der Waals surface area contributed by atoms with Crippen LogP contribution in [0, 0.1) is 0 Å². The molecule has 0 aliphatic carbocycles. The lowest BCUT2D eigenvalue weighted by atomic mass is 10.1. The summed E-state index contributed by atoms with van der Waals surface area (Å²) in [5.74, 6) is -0.292. The van der Waals surface area contributed by atoms with Gasteiger partial charge in [0, 0.05) is 53.7 Å². The second kappa shape index (κ2) is 13.8. The number of anilines is 3. The number of hydrogen-bond acceptors (Lipinski definition) is 8. The van der Waals surface area contributed by atoms with Gasteiger partial charge in [0.25, 0.3) is 15.9 Å². The molecule has 1 saturated heterocycles. The predicted molar refractivity (Wildman–Crippen MR) is 179 cm³/mol. The van der Waals surface area contributed by atoms with Crippen LogP contribution in [0.25, 0.3) is 0 Å². The lowest BCUT2D eigenvalue weighted by Crippen LogP contribution is -2.48. The van der Waals surface area contributed by atoms with Crippen molar-refractivity contribution in [1.82, 2.24) is 4.31 Å². The van der Waals surface area contributed by atoms with Crippen LogP contribution in [0.2, 0.25) is 10.0 Å². The van der Waals surface area contributed by atoms with Gasteiger partial charge in [0.1, 0.15) is 0 Å². The minimum atomic E-state index is -4.12. The van der Waals surface area contributed by atoms with Crippen LogP contribution in [0.3, 0.4) is 0 Å². The maximum atomic E-state index is 13.5. The molecule has 5 rings (SSSR count). The van der Waals surface area contributed by atoms with Crippen molar-refractivity contribution in [3.05, 3.63) is 101 Å². The molecule has 4 aromatic carbocycles. The van der Waals surface area contributed by atoms with E-state index in [-0.39, 0.29) is 38.2 Å². The smallest absolute Gasteiger partial charge is 0.261 e. The van der Waals surface area contributed by atoms with Crippen molar-refractivity contribution in [2.45, 2.75) is 9.79 Å². The third-order valence-electron chi connectivity index (χ3n) is 7.32. The normalized spacial score (nSPS) is 14.0. The van der Waals surface area contributed by atoms with Crippen LogP contribution in [0.15, 0.2) is 94.7 Å². The van der Waals surface area contributed by atoms with Crippen molar-refractivity contribution >= 4 is 66.2 Å². The Morgan fingerprint density at radius 1 is 0.717 bits per heavy atom. The quantitative estimate of drug-likeness (QED) is 0.219. The summed E-state index contributed by atoms with van der Waals surface area (Å²) in [6.45, 7) is 1.64. The lowest BCUT2D eigenvalue weighted by Gasteiger charge is -2.35. The zero-order chi connectivity index (χ0) is 33.1. The van der Waals surface area contributed by atoms with E-state index in [1.165, 1.54) is 79.2 Å². The molecule has 0 spiro atoms. The molecule has 0 bridgehead atoms. The van der Waals surface area contributed by atoms with Crippen LogP contribution < -0.4 is 24.4 Å². The molecule has 242 valence electrons. The van der Waals surface area contributed by atoms with E-state index in [0.29, 0.717) is 36.2 Å². The number of methoxy groups -OCH3 is 2. The van der Waals surface area contributed by atoms with Gasteiger partial charge in [-0.3, -0.25) is 9.52 Å². The summed E-state index contributed by atoms with van der Waals surface area (Å²) in [4.78, 5) is 15.6. The Kier molecular flexibility index (Phi) is 9.99. The fourth-order valence-corrected chi connectivity index (χ4v) is 7.61. The van der Waals surface area contributed by atoms with E-state index >= 15 is 0 Å². The monoisotopic (exact) mass is 704 g/mol. The van der Waals surface area contributed by atoms with Crippen molar-refractivity contribution in [1.29, 1.82) is 0 Å². The van der Waals surface area contributed by atoms with Crippen LogP contribution in [0.1, 0.15) is 10.4 Å². The number of nitrogens with zero attached hydrogens (tertiary/aromatic N) is 2. The van der Waals surface area contributed by atoms with E-state index < -0.39 is 26.0 Å². The van der Waals surface area contributed by atoms with Gasteiger partial charge < -0.3 is 19.7 Å². The third kappa shape index (κ3) is 7.34. The Labute approximate surface area is 277 Å². The van der Waals surface area contributed by atoms with Crippen LogP contribution in [-0.4, -0.2) is 67.4 Å². The summed E-state index contributed by atoms with van der Waals surface area (Å²) in [5, 5.41) is 3.69. The Bertz CT molecular complexity index is 1930. The summed E-state index contributed by atoms with van der Waals surface area (Å²) >= 11 is 11.9. The molecule has 15 heteroatoms. The topological polar surface area (TPSA) is 134 Å². The Hall–Kier alpha value is -4.01. The van der Waals surface area contributed by atoms with Gasteiger partial charge in [0.15, 0.2) is 11.5 Å². The van der Waals surface area contributed by atoms with E-state index in [9.17, 15) is 21.6 Å². The van der Waals surface area contributed by atoms with Crippen molar-refractivity contribution in [2.75, 3.05) is 55.3 Å². The fraction of sp³-hybridized carbons (Fsp3) is 0.194. The van der Waals surface area contributed by atoms with Crippen molar-refractivity contribution < 1.29 is 31.1 Å². The molecular weight excluding hydrogens is 675 g/mol. The Morgan fingerprint density at radius 3 is 1.80 bits per heavy atom. The molecular formula is C31H30Cl2N4O7S2. The standard InChI is InChI=1S/C31H30Cl2N4O7S2/c1-43-29-19-27(28(20-30(29)44-2)35-45(39,40)25-11-5-22(33)6-12-25)31(38)34-23-7-13-26(14-8-23)46(41,42)37-17-15-36(16-18-37)24-9-3-21(32)4-10-24/h3-14,19-20,35H,15-18H2,1-2H3,(H,34,38). The zero-order valence-corrected chi connectivity index (χ0v) is 27.9. The van der Waals surface area contributed by atoms with Gasteiger partial charge >= 0.3 is 0 Å². The molecule has 1 aliphatic heterocycles. The van der Waals surface area contributed by atoms with Crippen LogP contribution in [-0.2, 0) is 20.0 Å². The molecule has 4 aromatic rings. The largest absolute Gasteiger partial charge is 0.493 e. The zero-order valence-electron chi connectivity index (χ0n) is 24.7. The summed E-state index contributed by atoms with van der Waals surface area (Å²) in [6.07, 6.45) is 0. The Balaban J connectivity index is 1.32. The molecule has 1 fully saturated rings. The average molecular weight is 706 g/mol. The number of carbonyl (C=O) groups excluding carboxylic acids is 1. The lowest BCUT2D eigenvalue weighted by molar-refractivity contribution is 0.102. The van der Waals surface area contributed by atoms with Crippen molar-refractivity contribution in [3.8, 4) is 11.5 Å². The van der Waals surface area contributed by atoms with Gasteiger partial charge in [-0.25, -0.2) is 16.8 Å². The Morgan fingerprint density at radius 2 is 1.24 bits per heavy atom. The van der Waals surface area contributed by atoms with Gasteiger partial charge in [-0.2, -0.15) is 4.31 Å². The SMILES string of the molecule is COc1cc(NS(=O)(=O)c2ccc(Cl)cc2)c(C(=O)Nc2ccc(S(=O)(=O)N3CCN(c4ccc(Cl)cc4)CC3)cc2)cc1OC. The number of benzene rings is 4. The minimum Gasteiger partial charge on any atom is -0.493 e. The molecule has 1 aliphatic rings. The molecule has 0 aromatic heterocycles. The molecule has 1 heterocycles. The number of piperazine rings is 1. The first-order chi connectivity index (χ1) is 21.9. The summed E-state index contributed by atoms with van der Waals surface area (Å²) in [6, 6.07) is 21.4. The van der Waals surface area contributed by atoms with Gasteiger partial charge in [-0.15, -0.1) is 0 Å².